The maximum Gasteiger partial charge on any atom is 0.244 e. The second-order valence-electron chi connectivity index (χ2n) is 6.99. The first-order valence-corrected chi connectivity index (χ1v) is 9.71. The fourth-order valence-corrected chi connectivity index (χ4v) is 3.46. The quantitative estimate of drug-likeness (QED) is 0.365. The highest BCUT2D eigenvalue weighted by Crippen LogP contribution is 2.35. The molecule has 3 aromatic rings. The lowest BCUT2D eigenvalue weighted by Crippen LogP contribution is -2.37. The summed E-state index contributed by atoms with van der Waals surface area (Å²) in [5.74, 6) is 0.555. The molecule has 0 heterocycles. The maximum absolute atomic E-state index is 12.7. The number of nitrogen functional groups attached to an aromatic ring is 1. The Balaban J connectivity index is 2.10. The Hall–Kier alpha value is -4.00. The molecule has 1 atom stereocenters. The van der Waals surface area contributed by atoms with Gasteiger partial charge in [-0.25, -0.2) is 0 Å². The standard InChI is InChI=1S/C24H26N4O3/c1-30-20-13-10-18(14-21(20)31-2)22(24(27)29)28(15-16-6-4-3-5-7-16)19-11-8-17(9-12-19)23(25)26/h3-14,22H,15H2,1-2H3,(H3,25,26)(H2,27,29). The van der Waals surface area contributed by atoms with Gasteiger partial charge in [0.15, 0.2) is 11.5 Å². The van der Waals surface area contributed by atoms with Crippen LogP contribution in [0.3, 0.4) is 0 Å². The molecule has 7 heteroatoms. The predicted octanol–water partition coefficient (Wildman–Crippen LogP) is 3.22. The number of hydrogen-bond acceptors (Lipinski definition) is 5. The minimum atomic E-state index is -0.761. The monoisotopic (exact) mass is 418 g/mol. The van der Waals surface area contributed by atoms with E-state index in [4.69, 9.17) is 26.4 Å². The average molecular weight is 418 g/mol. The zero-order valence-electron chi connectivity index (χ0n) is 17.5. The topological polar surface area (TPSA) is 115 Å². The maximum atomic E-state index is 12.7. The summed E-state index contributed by atoms with van der Waals surface area (Å²) >= 11 is 0. The number of primary amides is 1. The molecule has 0 saturated heterocycles. The molecule has 31 heavy (non-hydrogen) atoms. The van der Waals surface area contributed by atoms with E-state index < -0.39 is 11.9 Å². The number of rotatable bonds is 9. The van der Waals surface area contributed by atoms with Crippen LogP contribution in [0.4, 0.5) is 5.69 Å². The average Bonchev–Trinajstić information content (AvgIpc) is 2.79. The van der Waals surface area contributed by atoms with Crippen molar-refractivity contribution in [2.45, 2.75) is 12.6 Å². The highest BCUT2D eigenvalue weighted by molar-refractivity contribution is 5.95. The summed E-state index contributed by atoms with van der Waals surface area (Å²) in [5.41, 5.74) is 14.6. The van der Waals surface area contributed by atoms with Crippen LogP contribution < -0.4 is 25.8 Å². The number of carbonyl (C=O) groups is 1. The molecule has 5 N–H and O–H groups in total. The number of amides is 1. The minimum absolute atomic E-state index is 0.0208. The van der Waals surface area contributed by atoms with Crippen molar-refractivity contribution in [3.63, 3.8) is 0 Å². The number of carbonyl (C=O) groups excluding carboxylic acids is 1. The van der Waals surface area contributed by atoms with E-state index in [2.05, 4.69) is 0 Å². The molecule has 3 rings (SSSR count). The second kappa shape index (κ2) is 9.67. The van der Waals surface area contributed by atoms with Crippen molar-refractivity contribution in [2.24, 2.45) is 11.5 Å². The van der Waals surface area contributed by atoms with Crippen molar-refractivity contribution in [1.29, 1.82) is 5.41 Å². The Morgan fingerprint density at radius 2 is 1.58 bits per heavy atom. The van der Waals surface area contributed by atoms with Crippen molar-refractivity contribution in [1.82, 2.24) is 0 Å². The molecule has 1 amide bonds. The number of hydrogen-bond donors (Lipinski definition) is 3. The Labute approximate surface area is 181 Å². The van der Waals surface area contributed by atoms with Gasteiger partial charge in [0.1, 0.15) is 11.9 Å². The molecule has 0 radical (unpaired) electrons. The number of methoxy groups -OCH3 is 2. The fraction of sp³-hybridized carbons (Fsp3) is 0.167. The first kappa shape index (κ1) is 21.7. The van der Waals surface area contributed by atoms with Gasteiger partial charge in [0.25, 0.3) is 0 Å². The fourth-order valence-electron chi connectivity index (χ4n) is 3.46. The molecule has 0 fully saturated rings. The summed E-state index contributed by atoms with van der Waals surface area (Å²) in [7, 11) is 3.10. The lowest BCUT2D eigenvalue weighted by atomic mass is 10.0. The van der Waals surface area contributed by atoms with E-state index in [1.165, 1.54) is 0 Å². The van der Waals surface area contributed by atoms with Gasteiger partial charge in [-0.3, -0.25) is 10.2 Å². The Kier molecular flexibility index (Phi) is 6.77. The summed E-state index contributed by atoms with van der Waals surface area (Å²) < 4.78 is 10.7. The molecule has 7 nitrogen and oxygen atoms in total. The Morgan fingerprint density at radius 1 is 0.935 bits per heavy atom. The zero-order valence-corrected chi connectivity index (χ0v) is 17.5. The van der Waals surface area contributed by atoms with Crippen LogP contribution in [0.5, 0.6) is 11.5 Å². The van der Waals surface area contributed by atoms with E-state index in [-0.39, 0.29) is 5.84 Å². The van der Waals surface area contributed by atoms with E-state index in [0.29, 0.717) is 29.2 Å². The van der Waals surface area contributed by atoms with Crippen LogP contribution in [0.1, 0.15) is 22.7 Å². The van der Waals surface area contributed by atoms with Gasteiger partial charge in [-0.15, -0.1) is 0 Å². The van der Waals surface area contributed by atoms with Crippen molar-refractivity contribution >= 4 is 17.4 Å². The zero-order chi connectivity index (χ0) is 22.4. The van der Waals surface area contributed by atoms with Crippen LogP contribution in [0.2, 0.25) is 0 Å². The largest absolute Gasteiger partial charge is 0.493 e. The number of amidine groups is 1. The van der Waals surface area contributed by atoms with Crippen LogP contribution in [0, 0.1) is 5.41 Å². The van der Waals surface area contributed by atoms with Crippen molar-refractivity contribution in [3.8, 4) is 11.5 Å². The number of anilines is 1. The molecule has 0 aromatic heterocycles. The number of benzene rings is 3. The lowest BCUT2D eigenvalue weighted by molar-refractivity contribution is -0.119. The Morgan fingerprint density at radius 3 is 2.13 bits per heavy atom. The van der Waals surface area contributed by atoms with Crippen LogP contribution >= 0.6 is 0 Å². The van der Waals surface area contributed by atoms with Gasteiger partial charge >= 0.3 is 0 Å². The normalized spacial score (nSPS) is 11.4. The highest BCUT2D eigenvalue weighted by Gasteiger charge is 2.27. The van der Waals surface area contributed by atoms with Crippen LogP contribution in [0.25, 0.3) is 0 Å². The third-order valence-corrected chi connectivity index (χ3v) is 5.01. The van der Waals surface area contributed by atoms with E-state index in [1.54, 1.807) is 44.6 Å². The number of ether oxygens (including phenoxy) is 2. The number of nitrogens with one attached hydrogen (secondary N) is 1. The molecule has 0 saturated carbocycles. The molecule has 0 aliphatic heterocycles. The number of nitrogens with zero attached hydrogens (tertiary/aromatic N) is 1. The van der Waals surface area contributed by atoms with Crippen LogP contribution in [-0.4, -0.2) is 26.0 Å². The summed E-state index contributed by atoms with van der Waals surface area (Å²) in [4.78, 5) is 14.6. The molecule has 160 valence electrons. The summed E-state index contributed by atoms with van der Waals surface area (Å²) in [6.45, 7) is 0.447. The molecule has 3 aromatic carbocycles. The Bertz CT molecular complexity index is 1050. The summed E-state index contributed by atoms with van der Waals surface area (Å²) in [6, 6.07) is 21.5. The van der Waals surface area contributed by atoms with E-state index in [1.807, 2.05) is 47.4 Å². The van der Waals surface area contributed by atoms with Gasteiger partial charge < -0.3 is 25.8 Å². The SMILES string of the molecule is COc1ccc(C(C(N)=O)N(Cc2ccccc2)c2ccc(C(=N)N)cc2)cc1OC. The van der Waals surface area contributed by atoms with Crippen molar-refractivity contribution in [3.05, 3.63) is 89.5 Å². The molecule has 0 bridgehead atoms. The van der Waals surface area contributed by atoms with E-state index >= 15 is 0 Å². The van der Waals surface area contributed by atoms with Gasteiger partial charge in [-0.1, -0.05) is 36.4 Å². The molecule has 1 unspecified atom stereocenters. The van der Waals surface area contributed by atoms with Crippen molar-refractivity contribution < 1.29 is 14.3 Å². The molecular weight excluding hydrogens is 392 g/mol. The van der Waals surface area contributed by atoms with Gasteiger partial charge in [0, 0.05) is 17.8 Å². The second-order valence-corrected chi connectivity index (χ2v) is 6.99. The van der Waals surface area contributed by atoms with Crippen LogP contribution in [-0.2, 0) is 11.3 Å². The first-order valence-electron chi connectivity index (χ1n) is 9.71. The van der Waals surface area contributed by atoms with Gasteiger partial charge in [0.05, 0.1) is 14.2 Å². The van der Waals surface area contributed by atoms with Gasteiger partial charge in [0.2, 0.25) is 5.91 Å². The highest BCUT2D eigenvalue weighted by atomic mass is 16.5. The number of nitrogens with two attached hydrogens (primary N) is 2. The summed E-state index contributed by atoms with van der Waals surface area (Å²) in [5, 5.41) is 7.63. The lowest BCUT2D eigenvalue weighted by Gasteiger charge is -2.32. The smallest absolute Gasteiger partial charge is 0.244 e. The molecule has 0 aliphatic carbocycles. The van der Waals surface area contributed by atoms with E-state index in [9.17, 15) is 4.79 Å². The van der Waals surface area contributed by atoms with Gasteiger partial charge in [-0.2, -0.15) is 0 Å². The van der Waals surface area contributed by atoms with Crippen molar-refractivity contribution in [2.75, 3.05) is 19.1 Å². The predicted molar refractivity (Wildman–Crippen MR) is 122 cm³/mol. The third kappa shape index (κ3) is 4.95. The first-order chi connectivity index (χ1) is 14.9. The minimum Gasteiger partial charge on any atom is -0.493 e. The van der Waals surface area contributed by atoms with Crippen LogP contribution in [0.15, 0.2) is 72.8 Å². The summed E-state index contributed by atoms with van der Waals surface area (Å²) in [6.07, 6.45) is 0. The van der Waals surface area contributed by atoms with Gasteiger partial charge in [-0.05, 0) is 47.5 Å². The molecule has 0 spiro atoms. The third-order valence-electron chi connectivity index (χ3n) is 5.01. The molecular formula is C24H26N4O3. The van der Waals surface area contributed by atoms with E-state index in [0.717, 1.165) is 11.3 Å². The molecule has 0 aliphatic rings.